The lowest BCUT2D eigenvalue weighted by atomic mass is 9.94. The minimum atomic E-state index is -0.0365. The molecule has 0 saturated carbocycles. The summed E-state index contributed by atoms with van der Waals surface area (Å²) in [6.45, 7) is 4.74. The van der Waals surface area contributed by atoms with Gasteiger partial charge in [-0.15, -0.1) is 0 Å². The number of fused-ring (bicyclic) bond motifs is 3. The summed E-state index contributed by atoms with van der Waals surface area (Å²) < 4.78 is 0. The van der Waals surface area contributed by atoms with E-state index in [4.69, 9.17) is 0 Å². The van der Waals surface area contributed by atoms with Gasteiger partial charge in [-0.25, -0.2) is 4.98 Å². The second-order valence-corrected chi connectivity index (χ2v) is 6.95. The average Bonchev–Trinajstić information content (AvgIpc) is 3.14. The molecule has 5 nitrogen and oxygen atoms in total. The molecule has 5 heteroatoms. The Kier molecular flexibility index (Phi) is 3.79. The van der Waals surface area contributed by atoms with Crippen LogP contribution in [-0.4, -0.2) is 34.8 Å². The summed E-state index contributed by atoms with van der Waals surface area (Å²) in [4.78, 5) is 30.8. The first-order valence-electron chi connectivity index (χ1n) is 8.63. The first kappa shape index (κ1) is 15.8. The van der Waals surface area contributed by atoms with Crippen molar-refractivity contribution >= 4 is 11.8 Å². The highest BCUT2D eigenvalue weighted by molar-refractivity contribution is 5.92. The Morgan fingerprint density at radius 2 is 1.84 bits per heavy atom. The van der Waals surface area contributed by atoms with Gasteiger partial charge in [0.15, 0.2) is 0 Å². The number of aryl methyl sites for hydroxylation is 1. The number of pyridine rings is 1. The van der Waals surface area contributed by atoms with Crippen LogP contribution < -0.4 is 5.32 Å². The monoisotopic (exact) mass is 335 g/mol. The predicted octanol–water partition coefficient (Wildman–Crippen LogP) is 2.44. The second-order valence-electron chi connectivity index (χ2n) is 6.95. The Hall–Kier alpha value is -2.69. The van der Waals surface area contributed by atoms with E-state index in [-0.39, 0.29) is 29.7 Å². The van der Waals surface area contributed by atoms with Gasteiger partial charge in [-0.1, -0.05) is 30.3 Å². The zero-order chi connectivity index (χ0) is 17.6. The summed E-state index contributed by atoms with van der Waals surface area (Å²) in [6.07, 6.45) is 0. The Balaban J connectivity index is 1.62. The Morgan fingerprint density at radius 3 is 2.56 bits per heavy atom. The van der Waals surface area contributed by atoms with Gasteiger partial charge < -0.3 is 10.2 Å². The second kappa shape index (κ2) is 5.99. The molecule has 0 unspecified atom stereocenters. The molecule has 1 aliphatic heterocycles. The Morgan fingerprint density at radius 1 is 1.08 bits per heavy atom. The van der Waals surface area contributed by atoms with Crippen LogP contribution in [0.15, 0.2) is 42.5 Å². The Bertz CT molecular complexity index is 848. The molecule has 1 saturated heterocycles. The van der Waals surface area contributed by atoms with Crippen LogP contribution >= 0.6 is 0 Å². The molecule has 2 heterocycles. The fourth-order valence-corrected chi connectivity index (χ4v) is 4.25. The summed E-state index contributed by atoms with van der Waals surface area (Å²) in [5.74, 6) is 0.416. The number of likely N-dealkylation sites (tertiary alicyclic amines) is 1. The maximum absolute atomic E-state index is 12.8. The van der Waals surface area contributed by atoms with Gasteiger partial charge in [-0.2, -0.15) is 0 Å². The van der Waals surface area contributed by atoms with Crippen molar-refractivity contribution < 1.29 is 9.59 Å². The van der Waals surface area contributed by atoms with Gasteiger partial charge in [0.1, 0.15) is 5.69 Å². The van der Waals surface area contributed by atoms with Crippen LogP contribution in [-0.2, 0) is 4.79 Å². The molecule has 1 N–H and O–H groups in total. The van der Waals surface area contributed by atoms with Crippen LogP contribution in [0.3, 0.4) is 0 Å². The first-order valence-corrected chi connectivity index (χ1v) is 8.63. The van der Waals surface area contributed by atoms with Crippen LogP contribution in [0.1, 0.15) is 46.2 Å². The van der Waals surface area contributed by atoms with Crippen molar-refractivity contribution in [2.75, 3.05) is 13.1 Å². The molecule has 0 spiro atoms. The number of hydrogen-bond acceptors (Lipinski definition) is 3. The summed E-state index contributed by atoms with van der Waals surface area (Å²) in [5, 5.41) is 3.09. The topological polar surface area (TPSA) is 62.3 Å². The third-order valence-electron chi connectivity index (χ3n) is 5.28. The van der Waals surface area contributed by atoms with Gasteiger partial charge in [0.05, 0.1) is 6.04 Å². The zero-order valence-electron chi connectivity index (χ0n) is 14.4. The van der Waals surface area contributed by atoms with E-state index in [1.165, 1.54) is 11.1 Å². The highest BCUT2D eigenvalue weighted by Crippen LogP contribution is 2.49. The fraction of sp³-hybridized carbons (Fsp3) is 0.350. The number of nitrogens with zero attached hydrogens (tertiary/aromatic N) is 2. The van der Waals surface area contributed by atoms with Crippen LogP contribution in [0.25, 0.3) is 0 Å². The first-order chi connectivity index (χ1) is 12.0. The van der Waals surface area contributed by atoms with Crippen LogP contribution in [0.2, 0.25) is 0 Å². The number of aromatic nitrogens is 1. The van der Waals surface area contributed by atoms with E-state index in [1.54, 1.807) is 13.0 Å². The molecular weight excluding hydrogens is 314 g/mol. The van der Waals surface area contributed by atoms with Crippen molar-refractivity contribution in [1.82, 2.24) is 15.2 Å². The number of nitrogens with one attached hydrogen (secondary N) is 1. The van der Waals surface area contributed by atoms with Crippen molar-refractivity contribution in [2.45, 2.75) is 25.8 Å². The van der Waals surface area contributed by atoms with E-state index in [9.17, 15) is 9.59 Å². The number of carbonyl (C=O) groups is 2. The molecule has 4 rings (SSSR count). The normalized spacial score (nSPS) is 23.9. The number of amides is 2. The molecule has 25 heavy (non-hydrogen) atoms. The van der Waals surface area contributed by atoms with E-state index < -0.39 is 0 Å². The SMILES string of the molecule is CC(=O)N[C@@H]1c2ccccc2[C@@H]2CN(C(=O)c3cccc(C)n3)C[C@H]12. The fourth-order valence-electron chi connectivity index (χ4n) is 4.25. The van der Waals surface area contributed by atoms with Gasteiger partial charge in [0.2, 0.25) is 5.91 Å². The molecule has 2 amide bonds. The zero-order valence-corrected chi connectivity index (χ0v) is 14.4. The highest BCUT2D eigenvalue weighted by atomic mass is 16.2. The summed E-state index contributed by atoms with van der Waals surface area (Å²) in [6, 6.07) is 13.7. The van der Waals surface area contributed by atoms with Gasteiger partial charge >= 0.3 is 0 Å². The van der Waals surface area contributed by atoms with Crippen molar-refractivity contribution in [3.05, 3.63) is 65.0 Å². The van der Waals surface area contributed by atoms with E-state index >= 15 is 0 Å². The van der Waals surface area contributed by atoms with Crippen molar-refractivity contribution in [3.63, 3.8) is 0 Å². The smallest absolute Gasteiger partial charge is 0.272 e. The standard InChI is InChI=1S/C20H21N3O2/c1-12-6-5-9-18(21-12)20(25)23-10-16-14-7-3-4-8-15(14)19(17(16)11-23)22-13(2)24/h3-9,16-17,19H,10-11H2,1-2H3,(H,22,24)/t16-,17-,19+/m0/s1. The minimum absolute atomic E-state index is 0.0260. The molecule has 1 aliphatic carbocycles. The highest BCUT2D eigenvalue weighted by Gasteiger charge is 2.47. The number of rotatable bonds is 2. The third kappa shape index (κ3) is 2.69. The summed E-state index contributed by atoms with van der Waals surface area (Å²) in [5.41, 5.74) is 3.77. The van der Waals surface area contributed by atoms with E-state index in [2.05, 4.69) is 22.4 Å². The van der Waals surface area contributed by atoms with E-state index in [0.717, 1.165) is 5.69 Å². The van der Waals surface area contributed by atoms with Gasteiger partial charge in [-0.3, -0.25) is 9.59 Å². The van der Waals surface area contributed by atoms with Crippen molar-refractivity contribution in [3.8, 4) is 0 Å². The Labute approximate surface area is 147 Å². The van der Waals surface area contributed by atoms with Gasteiger partial charge in [0.25, 0.3) is 5.91 Å². The lowest BCUT2D eigenvalue weighted by Crippen LogP contribution is -2.34. The molecule has 128 valence electrons. The molecular formula is C20H21N3O2. The number of benzene rings is 1. The molecule has 1 fully saturated rings. The molecule has 1 aromatic carbocycles. The number of hydrogen-bond donors (Lipinski definition) is 1. The van der Waals surface area contributed by atoms with E-state index in [0.29, 0.717) is 18.8 Å². The van der Waals surface area contributed by atoms with Crippen LogP contribution in [0.5, 0.6) is 0 Å². The maximum atomic E-state index is 12.8. The lowest BCUT2D eigenvalue weighted by Gasteiger charge is -2.22. The lowest BCUT2D eigenvalue weighted by molar-refractivity contribution is -0.120. The molecule has 1 aromatic heterocycles. The number of carbonyl (C=O) groups excluding carboxylic acids is 2. The van der Waals surface area contributed by atoms with Gasteiger partial charge in [0, 0.05) is 37.5 Å². The third-order valence-corrected chi connectivity index (χ3v) is 5.28. The summed E-state index contributed by atoms with van der Waals surface area (Å²) in [7, 11) is 0. The van der Waals surface area contributed by atoms with E-state index in [1.807, 2.05) is 36.1 Å². The summed E-state index contributed by atoms with van der Waals surface area (Å²) >= 11 is 0. The van der Waals surface area contributed by atoms with Crippen LogP contribution in [0, 0.1) is 12.8 Å². The van der Waals surface area contributed by atoms with Crippen LogP contribution in [0.4, 0.5) is 0 Å². The molecule has 0 bridgehead atoms. The largest absolute Gasteiger partial charge is 0.349 e. The van der Waals surface area contributed by atoms with Crippen molar-refractivity contribution in [2.24, 2.45) is 5.92 Å². The average molecular weight is 335 g/mol. The molecule has 3 atom stereocenters. The molecule has 0 radical (unpaired) electrons. The predicted molar refractivity (Wildman–Crippen MR) is 94.1 cm³/mol. The quantitative estimate of drug-likeness (QED) is 0.917. The maximum Gasteiger partial charge on any atom is 0.272 e. The molecule has 2 aliphatic rings. The van der Waals surface area contributed by atoms with Crippen molar-refractivity contribution in [1.29, 1.82) is 0 Å². The molecule has 2 aromatic rings. The van der Waals surface area contributed by atoms with Gasteiger partial charge in [-0.05, 0) is 30.2 Å². The minimum Gasteiger partial charge on any atom is -0.349 e.